The highest BCUT2D eigenvalue weighted by Gasteiger charge is 2.10. The topological polar surface area (TPSA) is 54.8 Å². The summed E-state index contributed by atoms with van der Waals surface area (Å²) in [4.78, 5) is 6.32. The molecular formula is C23H26N2O3. The summed E-state index contributed by atoms with van der Waals surface area (Å²) in [6.07, 6.45) is 1.21. The standard InChI is InChI=1S/C23H26N2O3/c1-25(16-21(26)18-28-22-8-3-2-4-9-22)15-19-10-12-23(13-11-19)27-17-20-7-5-6-14-24-20/h2-14,21,26H,15-18H2,1H3. The van der Waals surface area contributed by atoms with E-state index in [0.29, 0.717) is 13.2 Å². The molecule has 0 spiro atoms. The Morgan fingerprint density at radius 2 is 1.61 bits per heavy atom. The number of aromatic nitrogens is 1. The molecule has 2 aromatic carbocycles. The number of hydrogen-bond acceptors (Lipinski definition) is 5. The zero-order valence-corrected chi connectivity index (χ0v) is 16.1. The van der Waals surface area contributed by atoms with E-state index >= 15 is 0 Å². The maximum Gasteiger partial charge on any atom is 0.130 e. The summed E-state index contributed by atoms with van der Waals surface area (Å²) in [7, 11) is 1.98. The van der Waals surface area contributed by atoms with Crippen LogP contribution in [0.4, 0.5) is 0 Å². The predicted molar refractivity (Wildman–Crippen MR) is 109 cm³/mol. The van der Waals surface area contributed by atoms with Gasteiger partial charge in [-0.1, -0.05) is 36.4 Å². The van der Waals surface area contributed by atoms with Crippen LogP contribution in [0.1, 0.15) is 11.3 Å². The minimum absolute atomic E-state index is 0.272. The predicted octanol–water partition coefficient (Wildman–Crippen LogP) is 3.53. The van der Waals surface area contributed by atoms with E-state index in [0.717, 1.165) is 29.3 Å². The van der Waals surface area contributed by atoms with Crippen LogP contribution >= 0.6 is 0 Å². The number of likely N-dealkylation sites (N-methyl/N-ethyl adjacent to an activating group) is 1. The van der Waals surface area contributed by atoms with Crippen molar-refractivity contribution in [3.63, 3.8) is 0 Å². The number of rotatable bonds is 10. The zero-order valence-electron chi connectivity index (χ0n) is 16.1. The molecule has 0 aliphatic rings. The number of pyridine rings is 1. The third-order valence-corrected chi connectivity index (χ3v) is 4.20. The zero-order chi connectivity index (χ0) is 19.6. The fourth-order valence-corrected chi connectivity index (χ4v) is 2.83. The average Bonchev–Trinajstić information content (AvgIpc) is 2.73. The second-order valence-electron chi connectivity index (χ2n) is 6.73. The Morgan fingerprint density at radius 1 is 0.893 bits per heavy atom. The molecule has 0 saturated carbocycles. The number of hydrogen-bond donors (Lipinski definition) is 1. The lowest BCUT2D eigenvalue weighted by Gasteiger charge is -2.21. The van der Waals surface area contributed by atoms with Crippen molar-refractivity contribution >= 4 is 0 Å². The number of aliphatic hydroxyl groups is 1. The van der Waals surface area contributed by atoms with Gasteiger partial charge >= 0.3 is 0 Å². The van der Waals surface area contributed by atoms with Crippen LogP contribution in [0, 0.1) is 0 Å². The SMILES string of the molecule is CN(Cc1ccc(OCc2ccccn2)cc1)CC(O)COc1ccccc1. The first-order valence-corrected chi connectivity index (χ1v) is 9.35. The largest absolute Gasteiger partial charge is 0.491 e. The Labute approximate surface area is 166 Å². The van der Waals surface area contributed by atoms with Gasteiger partial charge in [0.05, 0.1) is 5.69 Å². The van der Waals surface area contributed by atoms with Crippen LogP contribution in [0.15, 0.2) is 79.0 Å². The molecule has 0 saturated heterocycles. The van der Waals surface area contributed by atoms with E-state index in [4.69, 9.17) is 9.47 Å². The van der Waals surface area contributed by atoms with E-state index in [2.05, 4.69) is 9.88 Å². The van der Waals surface area contributed by atoms with Gasteiger partial charge in [0.25, 0.3) is 0 Å². The Kier molecular flexibility index (Phi) is 7.41. The molecule has 5 nitrogen and oxygen atoms in total. The third kappa shape index (κ3) is 6.68. The van der Waals surface area contributed by atoms with Gasteiger partial charge in [0.2, 0.25) is 0 Å². The number of para-hydroxylation sites is 1. The summed E-state index contributed by atoms with van der Waals surface area (Å²) in [6, 6.07) is 23.3. The van der Waals surface area contributed by atoms with Crippen molar-refractivity contribution in [2.45, 2.75) is 19.3 Å². The molecule has 0 aliphatic heterocycles. The molecule has 146 valence electrons. The number of benzene rings is 2. The minimum Gasteiger partial charge on any atom is -0.491 e. The third-order valence-electron chi connectivity index (χ3n) is 4.20. The van der Waals surface area contributed by atoms with Gasteiger partial charge in [0.15, 0.2) is 0 Å². The van der Waals surface area contributed by atoms with E-state index in [9.17, 15) is 5.11 Å². The summed E-state index contributed by atoms with van der Waals surface area (Å²) in [5.74, 6) is 1.58. The molecule has 3 aromatic rings. The van der Waals surface area contributed by atoms with Crippen LogP contribution in [0.25, 0.3) is 0 Å². The minimum atomic E-state index is -0.550. The molecule has 0 amide bonds. The lowest BCUT2D eigenvalue weighted by Crippen LogP contribution is -2.32. The molecule has 5 heteroatoms. The Bertz CT molecular complexity index is 810. The number of ether oxygens (including phenoxy) is 2. The summed E-state index contributed by atoms with van der Waals surface area (Å²) >= 11 is 0. The molecule has 0 radical (unpaired) electrons. The van der Waals surface area contributed by atoms with Crippen molar-refractivity contribution < 1.29 is 14.6 Å². The van der Waals surface area contributed by atoms with Crippen LogP contribution < -0.4 is 9.47 Å². The first-order valence-electron chi connectivity index (χ1n) is 9.35. The summed E-state index contributed by atoms with van der Waals surface area (Å²) in [6.45, 7) is 2.00. The molecule has 1 heterocycles. The molecule has 1 atom stereocenters. The lowest BCUT2D eigenvalue weighted by atomic mass is 10.2. The van der Waals surface area contributed by atoms with Crippen molar-refractivity contribution in [1.29, 1.82) is 0 Å². The summed E-state index contributed by atoms with van der Waals surface area (Å²) in [5.41, 5.74) is 2.06. The molecular weight excluding hydrogens is 352 g/mol. The smallest absolute Gasteiger partial charge is 0.130 e. The van der Waals surface area contributed by atoms with E-state index < -0.39 is 6.10 Å². The molecule has 0 fully saturated rings. The van der Waals surface area contributed by atoms with Gasteiger partial charge in [0.1, 0.15) is 30.8 Å². The van der Waals surface area contributed by atoms with Crippen LogP contribution in [0.2, 0.25) is 0 Å². The van der Waals surface area contributed by atoms with Gasteiger partial charge in [-0.2, -0.15) is 0 Å². The van der Waals surface area contributed by atoms with Crippen molar-refractivity contribution in [3.05, 3.63) is 90.3 Å². The van der Waals surface area contributed by atoms with Crippen LogP contribution in [0.3, 0.4) is 0 Å². The molecule has 1 aromatic heterocycles. The quantitative estimate of drug-likeness (QED) is 0.585. The van der Waals surface area contributed by atoms with E-state index in [1.54, 1.807) is 6.20 Å². The van der Waals surface area contributed by atoms with Gasteiger partial charge in [-0.3, -0.25) is 9.88 Å². The summed E-state index contributed by atoms with van der Waals surface area (Å²) < 4.78 is 11.4. The van der Waals surface area contributed by atoms with E-state index in [1.165, 1.54) is 0 Å². The normalized spacial score (nSPS) is 12.0. The van der Waals surface area contributed by atoms with Gasteiger partial charge in [-0.05, 0) is 49.0 Å². The first-order chi connectivity index (χ1) is 13.7. The Balaban J connectivity index is 1.40. The maximum absolute atomic E-state index is 10.2. The van der Waals surface area contributed by atoms with Gasteiger partial charge in [0, 0.05) is 19.3 Å². The highest BCUT2D eigenvalue weighted by molar-refractivity contribution is 5.27. The Hall–Kier alpha value is -2.89. The fraction of sp³-hybridized carbons (Fsp3) is 0.261. The van der Waals surface area contributed by atoms with Crippen LogP contribution in [-0.4, -0.2) is 41.3 Å². The molecule has 0 bridgehead atoms. The lowest BCUT2D eigenvalue weighted by molar-refractivity contribution is 0.0744. The summed E-state index contributed by atoms with van der Waals surface area (Å²) in [5, 5.41) is 10.2. The fourth-order valence-electron chi connectivity index (χ4n) is 2.83. The molecule has 28 heavy (non-hydrogen) atoms. The molecule has 1 unspecified atom stereocenters. The number of aliphatic hydroxyl groups excluding tert-OH is 1. The maximum atomic E-state index is 10.2. The van der Waals surface area contributed by atoms with Crippen molar-refractivity contribution in [2.24, 2.45) is 0 Å². The number of nitrogens with zero attached hydrogens (tertiary/aromatic N) is 2. The van der Waals surface area contributed by atoms with Crippen molar-refractivity contribution in [2.75, 3.05) is 20.2 Å². The monoisotopic (exact) mass is 378 g/mol. The highest BCUT2D eigenvalue weighted by atomic mass is 16.5. The van der Waals surface area contributed by atoms with Gasteiger partial charge in [-0.25, -0.2) is 0 Å². The highest BCUT2D eigenvalue weighted by Crippen LogP contribution is 2.15. The van der Waals surface area contributed by atoms with Gasteiger partial charge < -0.3 is 14.6 Å². The Morgan fingerprint density at radius 3 is 2.32 bits per heavy atom. The molecule has 1 N–H and O–H groups in total. The van der Waals surface area contributed by atoms with Gasteiger partial charge in [-0.15, -0.1) is 0 Å². The van der Waals surface area contributed by atoms with Crippen LogP contribution in [0.5, 0.6) is 11.5 Å². The molecule has 3 rings (SSSR count). The second kappa shape index (κ2) is 10.4. The second-order valence-corrected chi connectivity index (χ2v) is 6.73. The molecule has 0 aliphatic carbocycles. The van der Waals surface area contributed by atoms with Crippen molar-refractivity contribution in [3.8, 4) is 11.5 Å². The first kappa shape index (κ1) is 19.9. The average molecular weight is 378 g/mol. The van der Waals surface area contributed by atoms with E-state index in [1.807, 2.05) is 79.8 Å². The van der Waals surface area contributed by atoms with Crippen molar-refractivity contribution in [1.82, 2.24) is 9.88 Å². The van der Waals surface area contributed by atoms with E-state index in [-0.39, 0.29) is 6.61 Å². The van der Waals surface area contributed by atoms with Crippen LogP contribution in [-0.2, 0) is 13.2 Å².